The molecule has 0 aliphatic heterocycles. The highest BCUT2D eigenvalue weighted by molar-refractivity contribution is 6.59. The van der Waals surface area contributed by atoms with E-state index in [1.165, 1.54) is 7.11 Å². The lowest BCUT2D eigenvalue weighted by Crippen LogP contribution is -2.41. The molecule has 0 radical (unpaired) electrons. The molecule has 0 atom stereocenters. The minimum Gasteiger partial charge on any atom is -0.465 e. The summed E-state index contributed by atoms with van der Waals surface area (Å²) in [4.78, 5) is 12.4. The van der Waals surface area contributed by atoms with Gasteiger partial charge >= 0.3 is 20.2 Å². The summed E-state index contributed by atoms with van der Waals surface area (Å²) in [6, 6.07) is 19.6. The number of aromatic nitrogens is 2. The highest BCUT2D eigenvalue weighted by atomic mass is 16.5. The van der Waals surface area contributed by atoms with Gasteiger partial charge in [-0.05, 0) is 23.1 Å². The number of carbonyl (C=O) groups excluding carboxylic acids is 1. The summed E-state index contributed by atoms with van der Waals surface area (Å²) < 4.78 is 8.67. The quantitative estimate of drug-likeness (QED) is 0.148. The van der Waals surface area contributed by atoms with Crippen molar-refractivity contribution < 1.29 is 38.8 Å². The third-order valence-corrected chi connectivity index (χ3v) is 5.91. The molecule has 180 valence electrons. The van der Waals surface area contributed by atoms with E-state index in [1.807, 2.05) is 53.5 Å². The van der Waals surface area contributed by atoms with Gasteiger partial charge in [0.05, 0.1) is 18.2 Å². The predicted octanol–water partition coefficient (Wildman–Crippen LogP) is -0.829. The molecular weight excluding hydrogens is 458 g/mol. The molecule has 10 heteroatoms. The van der Waals surface area contributed by atoms with E-state index in [-0.39, 0.29) is 0 Å². The number of nitrogens with zero attached hydrogens (tertiary/aromatic N) is 2. The zero-order valence-electron chi connectivity index (χ0n) is 19.7. The molecular formula is C26H26B2N2O6+2. The van der Waals surface area contributed by atoms with Crippen LogP contribution < -0.4 is 20.1 Å². The molecule has 0 spiro atoms. The Balaban J connectivity index is 1.72. The first-order valence-electron chi connectivity index (χ1n) is 11.4. The Hall–Kier alpha value is -3.82. The molecule has 2 heterocycles. The van der Waals surface area contributed by atoms with Gasteiger partial charge in [-0.1, -0.05) is 48.5 Å². The smallest absolute Gasteiger partial charge is 0.465 e. The second-order valence-corrected chi connectivity index (χ2v) is 8.39. The van der Waals surface area contributed by atoms with Gasteiger partial charge < -0.3 is 24.8 Å². The molecule has 2 aromatic heterocycles. The number of benzene rings is 2. The summed E-state index contributed by atoms with van der Waals surface area (Å²) in [6.07, 6.45) is 7.32. The van der Waals surface area contributed by atoms with Gasteiger partial charge in [0.15, 0.2) is 37.9 Å². The maximum absolute atomic E-state index is 12.4. The monoisotopic (exact) mass is 484 g/mol. The van der Waals surface area contributed by atoms with Crippen LogP contribution in [0.25, 0.3) is 11.1 Å². The summed E-state index contributed by atoms with van der Waals surface area (Å²) in [6.45, 7) is 0.723. The van der Waals surface area contributed by atoms with Gasteiger partial charge in [0.25, 0.3) is 0 Å². The van der Waals surface area contributed by atoms with E-state index in [0.717, 1.165) is 16.7 Å². The molecule has 0 saturated carbocycles. The largest absolute Gasteiger partial charge is 0.488 e. The Bertz CT molecular complexity index is 1380. The highest BCUT2D eigenvalue weighted by Gasteiger charge is 2.22. The number of rotatable bonds is 8. The molecule has 0 aliphatic carbocycles. The summed E-state index contributed by atoms with van der Waals surface area (Å²) >= 11 is 0. The Morgan fingerprint density at radius 2 is 1.31 bits per heavy atom. The number of hydrogen-bond acceptors (Lipinski definition) is 6. The van der Waals surface area contributed by atoms with E-state index < -0.39 is 20.2 Å². The topological polar surface area (TPSA) is 115 Å². The third-order valence-electron chi connectivity index (χ3n) is 5.91. The lowest BCUT2D eigenvalue weighted by molar-refractivity contribution is -0.689. The van der Waals surface area contributed by atoms with Crippen molar-refractivity contribution in [2.24, 2.45) is 0 Å². The van der Waals surface area contributed by atoms with Crippen LogP contribution in [0.3, 0.4) is 0 Å². The van der Waals surface area contributed by atoms with Gasteiger partial charge in [-0.25, -0.2) is 9.36 Å². The molecule has 0 amide bonds. The number of esters is 1. The molecule has 0 aliphatic rings. The molecule has 0 bridgehead atoms. The Morgan fingerprint density at radius 3 is 1.89 bits per heavy atom. The second kappa shape index (κ2) is 11.3. The van der Waals surface area contributed by atoms with Crippen molar-refractivity contribution in [2.75, 3.05) is 7.11 Å². The Labute approximate surface area is 209 Å². The normalized spacial score (nSPS) is 10.7. The number of ether oxygens (including phenoxy) is 1. The van der Waals surface area contributed by atoms with E-state index in [2.05, 4.69) is 0 Å². The van der Waals surface area contributed by atoms with Crippen LogP contribution in [0, 0.1) is 0 Å². The molecule has 36 heavy (non-hydrogen) atoms. The van der Waals surface area contributed by atoms with Gasteiger partial charge in [0, 0.05) is 17.2 Å². The zero-order chi connectivity index (χ0) is 25.7. The molecule has 4 rings (SSSR count). The third kappa shape index (κ3) is 5.87. The average Bonchev–Trinajstić information content (AvgIpc) is 2.88. The summed E-state index contributed by atoms with van der Waals surface area (Å²) in [5.74, 6) is -0.490. The molecule has 8 nitrogen and oxygen atoms in total. The fourth-order valence-electron chi connectivity index (χ4n) is 4.16. The fourth-order valence-corrected chi connectivity index (χ4v) is 4.16. The number of methoxy groups -OCH3 is 1. The van der Waals surface area contributed by atoms with Crippen molar-refractivity contribution in [1.82, 2.24) is 0 Å². The highest BCUT2D eigenvalue weighted by Crippen LogP contribution is 2.18. The lowest BCUT2D eigenvalue weighted by Gasteiger charge is -2.09. The SMILES string of the molecule is COC(=O)c1cc(-c2ccc[n+](Cc3ccccc3B(O)O)c2)c[n+](Cc2ccccc2B(O)O)c1. The van der Waals surface area contributed by atoms with Gasteiger partial charge in [-0.15, -0.1) is 0 Å². The number of carbonyl (C=O) groups is 1. The van der Waals surface area contributed by atoms with Crippen LogP contribution in [0.5, 0.6) is 0 Å². The Kier molecular flexibility index (Phi) is 7.92. The first-order chi connectivity index (χ1) is 17.4. The minimum atomic E-state index is -1.61. The average molecular weight is 484 g/mol. The van der Waals surface area contributed by atoms with E-state index in [1.54, 1.807) is 47.2 Å². The maximum Gasteiger partial charge on any atom is 0.488 e. The van der Waals surface area contributed by atoms with Crippen LogP contribution in [-0.4, -0.2) is 47.4 Å². The second-order valence-electron chi connectivity index (χ2n) is 8.39. The van der Waals surface area contributed by atoms with Crippen molar-refractivity contribution in [3.63, 3.8) is 0 Å². The van der Waals surface area contributed by atoms with Crippen LogP contribution in [0.4, 0.5) is 0 Å². The molecule has 2 aromatic carbocycles. The lowest BCUT2D eigenvalue weighted by atomic mass is 9.77. The van der Waals surface area contributed by atoms with Crippen molar-refractivity contribution in [1.29, 1.82) is 0 Å². The summed E-state index contributed by atoms with van der Waals surface area (Å²) in [5, 5.41) is 38.9. The van der Waals surface area contributed by atoms with Crippen LogP contribution in [0.1, 0.15) is 21.5 Å². The first-order valence-corrected chi connectivity index (χ1v) is 11.4. The molecule has 4 aromatic rings. The van der Waals surface area contributed by atoms with E-state index in [9.17, 15) is 24.9 Å². The molecule has 0 unspecified atom stereocenters. The summed E-state index contributed by atoms with van der Waals surface area (Å²) in [5.41, 5.74) is 4.23. The molecule has 4 N–H and O–H groups in total. The van der Waals surface area contributed by atoms with Gasteiger partial charge in [-0.2, -0.15) is 4.57 Å². The van der Waals surface area contributed by atoms with Crippen molar-refractivity contribution >= 4 is 31.1 Å². The first kappa shape index (κ1) is 25.3. The van der Waals surface area contributed by atoms with E-state index >= 15 is 0 Å². The maximum atomic E-state index is 12.4. The summed E-state index contributed by atoms with van der Waals surface area (Å²) in [7, 11) is -1.86. The van der Waals surface area contributed by atoms with Crippen LogP contribution >= 0.6 is 0 Å². The van der Waals surface area contributed by atoms with Crippen molar-refractivity contribution in [2.45, 2.75) is 13.1 Å². The number of hydrogen-bond donors (Lipinski definition) is 4. The van der Waals surface area contributed by atoms with Crippen molar-refractivity contribution in [3.8, 4) is 11.1 Å². The molecule has 0 fully saturated rings. The van der Waals surface area contributed by atoms with E-state index in [4.69, 9.17) is 4.74 Å². The Morgan fingerprint density at radius 1 is 0.750 bits per heavy atom. The van der Waals surface area contributed by atoms with Crippen LogP contribution in [-0.2, 0) is 17.8 Å². The van der Waals surface area contributed by atoms with Gasteiger partial charge in [-0.3, -0.25) is 0 Å². The van der Waals surface area contributed by atoms with E-state index in [0.29, 0.717) is 35.1 Å². The van der Waals surface area contributed by atoms with Gasteiger partial charge in [0.2, 0.25) is 0 Å². The predicted molar refractivity (Wildman–Crippen MR) is 134 cm³/mol. The molecule has 0 saturated heterocycles. The zero-order valence-corrected chi connectivity index (χ0v) is 19.7. The van der Waals surface area contributed by atoms with Crippen LogP contribution in [0.2, 0.25) is 0 Å². The number of pyridine rings is 2. The van der Waals surface area contributed by atoms with Crippen LogP contribution in [0.15, 0.2) is 91.5 Å². The standard InChI is InChI=1S/C26H26B2N2O6/c1-36-26(31)23-13-22(17-30(18-23)16-21-8-3-5-11-25(21)28(34)35)19-9-6-12-29(14-19)15-20-7-2-4-10-24(20)27(32)33/h2-14,17-18,32-35H,15-16H2,1H3/q+2. The fraction of sp³-hybridized carbons (Fsp3) is 0.115. The van der Waals surface area contributed by atoms with Crippen molar-refractivity contribution in [3.05, 3.63) is 108 Å². The minimum absolute atomic E-state index is 0.306. The van der Waals surface area contributed by atoms with Gasteiger partial charge in [0.1, 0.15) is 5.56 Å².